The summed E-state index contributed by atoms with van der Waals surface area (Å²) in [5.74, 6) is 0.118. The van der Waals surface area contributed by atoms with Gasteiger partial charge in [-0.2, -0.15) is 0 Å². The number of aliphatic hydroxyl groups is 1. The Kier molecular flexibility index (Phi) is 6.26. The summed E-state index contributed by atoms with van der Waals surface area (Å²) in [7, 11) is 0. The highest BCUT2D eigenvalue weighted by Crippen LogP contribution is 2.28. The summed E-state index contributed by atoms with van der Waals surface area (Å²) in [5, 5.41) is 11.8. The lowest BCUT2D eigenvalue weighted by molar-refractivity contribution is -0.0348. The predicted octanol–water partition coefficient (Wildman–Crippen LogP) is 2.81. The van der Waals surface area contributed by atoms with Crippen LogP contribution in [0.4, 0.5) is 9.18 Å². The molecular formula is C19H27FN2O3. The van der Waals surface area contributed by atoms with Crippen LogP contribution in [0, 0.1) is 11.7 Å². The van der Waals surface area contributed by atoms with Gasteiger partial charge in [0.1, 0.15) is 5.82 Å². The maximum Gasteiger partial charge on any atom is 0.317 e. The summed E-state index contributed by atoms with van der Waals surface area (Å²) < 4.78 is 19.5. The molecular weight excluding hydrogens is 323 g/mol. The van der Waals surface area contributed by atoms with Crippen LogP contribution in [0.15, 0.2) is 18.2 Å². The zero-order valence-electron chi connectivity index (χ0n) is 14.5. The predicted molar refractivity (Wildman–Crippen MR) is 92.4 cm³/mol. The Labute approximate surface area is 148 Å². The van der Waals surface area contributed by atoms with E-state index in [1.165, 1.54) is 12.5 Å². The Balaban J connectivity index is 1.44. The molecule has 0 spiro atoms. The van der Waals surface area contributed by atoms with Crippen LogP contribution in [0.5, 0.6) is 0 Å². The molecule has 2 amide bonds. The molecule has 0 saturated carbocycles. The molecule has 0 aliphatic carbocycles. The van der Waals surface area contributed by atoms with Gasteiger partial charge in [0.15, 0.2) is 0 Å². The lowest BCUT2D eigenvalue weighted by Gasteiger charge is -2.37. The summed E-state index contributed by atoms with van der Waals surface area (Å²) in [6.07, 6.45) is 5.89. The Bertz CT molecular complexity index is 582. The first kappa shape index (κ1) is 18.1. The molecule has 3 rings (SSSR count). The smallest absolute Gasteiger partial charge is 0.317 e. The number of carbonyl (C=O) groups excluding carboxylic acids is 1. The number of nitrogens with one attached hydrogen (secondary N) is 1. The fourth-order valence-corrected chi connectivity index (χ4v) is 3.73. The SMILES string of the molecule is O=C(NCc1ccc(CO)c(F)c1)N1CCC(C2CCCCO2)CC1. The summed E-state index contributed by atoms with van der Waals surface area (Å²) in [6.45, 7) is 2.32. The largest absolute Gasteiger partial charge is 0.392 e. The van der Waals surface area contributed by atoms with E-state index >= 15 is 0 Å². The number of ether oxygens (including phenoxy) is 1. The van der Waals surface area contributed by atoms with Crippen LogP contribution in [0.25, 0.3) is 0 Å². The number of hydrogen-bond acceptors (Lipinski definition) is 3. The third-order valence-corrected chi connectivity index (χ3v) is 5.30. The monoisotopic (exact) mass is 350 g/mol. The fraction of sp³-hybridized carbons (Fsp3) is 0.632. The van der Waals surface area contributed by atoms with Crippen molar-refractivity contribution in [2.24, 2.45) is 5.92 Å². The molecule has 6 heteroatoms. The van der Waals surface area contributed by atoms with E-state index in [0.29, 0.717) is 17.6 Å². The molecule has 2 fully saturated rings. The number of halogens is 1. The van der Waals surface area contributed by atoms with Gasteiger partial charge in [0.25, 0.3) is 0 Å². The molecule has 2 aliphatic heterocycles. The zero-order valence-corrected chi connectivity index (χ0v) is 14.5. The van der Waals surface area contributed by atoms with E-state index in [0.717, 1.165) is 45.4 Å². The van der Waals surface area contributed by atoms with Crippen molar-refractivity contribution in [1.82, 2.24) is 10.2 Å². The molecule has 0 aromatic heterocycles. The van der Waals surface area contributed by atoms with Gasteiger partial charge in [0.2, 0.25) is 0 Å². The number of hydrogen-bond donors (Lipinski definition) is 2. The average molecular weight is 350 g/mol. The quantitative estimate of drug-likeness (QED) is 0.878. The van der Waals surface area contributed by atoms with E-state index in [1.807, 2.05) is 4.90 Å². The lowest BCUT2D eigenvalue weighted by atomic mass is 9.87. The highest BCUT2D eigenvalue weighted by Gasteiger charge is 2.29. The van der Waals surface area contributed by atoms with Gasteiger partial charge < -0.3 is 20.1 Å². The molecule has 5 nitrogen and oxygen atoms in total. The molecule has 0 radical (unpaired) electrons. The molecule has 1 aromatic rings. The van der Waals surface area contributed by atoms with Crippen LogP contribution in [0.3, 0.4) is 0 Å². The highest BCUT2D eigenvalue weighted by atomic mass is 19.1. The number of likely N-dealkylation sites (tertiary alicyclic amines) is 1. The number of nitrogens with zero attached hydrogens (tertiary/aromatic N) is 1. The van der Waals surface area contributed by atoms with Crippen molar-refractivity contribution < 1.29 is 19.0 Å². The summed E-state index contributed by atoms with van der Waals surface area (Å²) >= 11 is 0. The second-order valence-corrected chi connectivity index (χ2v) is 6.97. The molecule has 138 valence electrons. The number of aliphatic hydroxyl groups excluding tert-OH is 1. The Morgan fingerprint density at radius 3 is 2.72 bits per heavy atom. The maximum atomic E-state index is 13.7. The average Bonchev–Trinajstić information content (AvgIpc) is 2.67. The molecule has 2 heterocycles. The minimum atomic E-state index is -0.442. The van der Waals surface area contributed by atoms with Gasteiger partial charge >= 0.3 is 6.03 Å². The number of piperidine rings is 1. The normalized spacial score (nSPS) is 22.0. The number of carbonyl (C=O) groups is 1. The van der Waals surface area contributed by atoms with Gasteiger partial charge in [-0.3, -0.25) is 0 Å². The van der Waals surface area contributed by atoms with Crippen molar-refractivity contribution in [3.63, 3.8) is 0 Å². The first-order chi connectivity index (χ1) is 12.2. The Morgan fingerprint density at radius 2 is 2.08 bits per heavy atom. The summed E-state index contributed by atoms with van der Waals surface area (Å²) in [5.41, 5.74) is 0.954. The first-order valence-corrected chi connectivity index (χ1v) is 9.20. The molecule has 2 aliphatic rings. The fourth-order valence-electron chi connectivity index (χ4n) is 3.73. The highest BCUT2D eigenvalue weighted by molar-refractivity contribution is 5.74. The molecule has 2 N–H and O–H groups in total. The van der Waals surface area contributed by atoms with Crippen molar-refractivity contribution in [3.05, 3.63) is 35.1 Å². The molecule has 2 saturated heterocycles. The summed E-state index contributed by atoms with van der Waals surface area (Å²) in [6, 6.07) is 4.53. The van der Waals surface area contributed by atoms with E-state index in [-0.39, 0.29) is 24.7 Å². The molecule has 25 heavy (non-hydrogen) atoms. The minimum absolute atomic E-state index is 0.102. The van der Waals surface area contributed by atoms with Crippen molar-refractivity contribution in [2.45, 2.75) is 51.4 Å². The second kappa shape index (κ2) is 8.63. The third kappa shape index (κ3) is 4.70. The molecule has 1 atom stereocenters. The van der Waals surface area contributed by atoms with E-state index in [4.69, 9.17) is 9.84 Å². The van der Waals surface area contributed by atoms with Crippen molar-refractivity contribution in [3.8, 4) is 0 Å². The third-order valence-electron chi connectivity index (χ3n) is 5.30. The van der Waals surface area contributed by atoms with Gasteiger partial charge in [-0.15, -0.1) is 0 Å². The second-order valence-electron chi connectivity index (χ2n) is 6.97. The van der Waals surface area contributed by atoms with Crippen LogP contribution in [-0.4, -0.2) is 41.8 Å². The molecule has 1 aromatic carbocycles. The van der Waals surface area contributed by atoms with Crippen molar-refractivity contribution >= 4 is 6.03 Å². The number of benzene rings is 1. The van der Waals surface area contributed by atoms with Crippen LogP contribution >= 0.6 is 0 Å². The van der Waals surface area contributed by atoms with E-state index < -0.39 is 5.82 Å². The zero-order chi connectivity index (χ0) is 17.6. The van der Waals surface area contributed by atoms with Gasteiger partial charge in [-0.1, -0.05) is 12.1 Å². The number of rotatable bonds is 4. The maximum absolute atomic E-state index is 13.7. The van der Waals surface area contributed by atoms with E-state index in [9.17, 15) is 9.18 Å². The Hall–Kier alpha value is -1.66. The van der Waals surface area contributed by atoms with Gasteiger partial charge in [0.05, 0.1) is 12.7 Å². The Morgan fingerprint density at radius 1 is 1.28 bits per heavy atom. The van der Waals surface area contributed by atoms with Gasteiger partial charge in [0, 0.05) is 31.8 Å². The van der Waals surface area contributed by atoms with E-state index in [1.54, 1.807) is 12.1 Å². The number of amides is 2. The minimum Gasteiger partial charge on any atom is -0.392 e. The van der Waals surface area contributed by atoms with Gasteiger partial charge in [-0.05, 0) is 49.7 Å². The van der Waals surface area contributed by atoms with Crippen LogP contribution in [-0.2, 0) is 17.9 Å². The first-order valence-electron chi connectivity index (χ1n) is 9.20. The summed E-state index contributed by atoms with van der Waals surface area (Å²) in [4.78, 5) is 14.1. The van der Waals surface area contributed by atoms with E-state index in [2.05, 4.69) is 5.32 Å². The lowest BCUT2D eigenvalue weighted by Crippen LogP contribution is -2.46. The van der Waals surface area contributed by atoms with Crippen LogP contribution in [0.2, 0.25) is 0 Å². The topological polar surface area (TPSA) is 61.8 Å². The van der Waals surface area contributed by atoms with Crippen molar-refractivity contribution in [2.75, 3.05) is 19.7 Å². The molecule has 1 unspecified atom stereocenters. The number of urea groups is 1. The standard InChI is InChI=1S/C19H27FN2O3/c20-17-11-14(4-5-16(17)13-23)12-21-19(24)22-8-6-15(7-9-22)18-3-1-2-10-25-18/h4-5,11,15,18,23H,1-3,6-10,12-13H2,(H,21,24). The van der Waals surface area contributed by atoms with Crippen LogP contribution in [0.1, 0.15) is 43.2 Å². The molecule has 0 bridgehead atoms. The van der Waals surface area contributed by atoms with Crippen LogP contribution < -0.4 is 5.32 Å². The van der Waals surface area contributed by atoms with Crippen molar-refractivity contribution in [1.29, 1.82) is 0 Å². The van der Waals surface area contributed by atoms with Gasteiger partial charge in [-0.25, -0.2) is 9.18 Å².